The summed E-state index contributed by atoms with van der Waals surface area (Å²) in [5.41, 5.74) is 1.99. The molecule has 0 bridgehead atoms. The molecule has 3 rings (SSSR count). The van der Waals surface area contributed by atoms with Crippen molar-refractivity contribution in [1.82, 2.24) is 4.90 Å². The Bertz CT molecular complexity index is 624. The van der Waals surface area contributed by atoms with Crippen LogP contribution in [0.5, 0.6) is 0 Å². The molecule has 2 amide bonds. The van der Waals surface area contributed by atoms with E-state index in [0.29, 0.717) is 19.2 Å². The Morgan fingerprint density at radius 1 is 1.08 bits per heavy atom. The van der Waals surface area contributed by atoms with Gasteiger partial charge in [0.1, 0.15) is 0 Å². The van der Waals surface area contributed by atoms with Crippen LogP contribution < -0.4 is 10.2 Å². The molecule has 142 valence electrons. The molecule has 6 nitrogen and oxygen atoms in total. The lowest BCUT2D eigenvalue weighted by Crippen LogP contribution is -2.40. The Labute approximate surface area is 155 Å². The summed E-state index contributed by atoms with van der Waals surface area (Å²) in [6.45, 7) is 4.88. The number of carbonyl (C=O) groups excluding carboxylic acids is 2. The standard InChI is InChI=1S/C20H29N3O3/c1-15(24)22-12-9-16(10-13-22)20(25)21-17-5-7-18(8-6-17)23-11-3-4-19(14-23)26-2/h5-8,16,19H,3-4,9-14H2,1-2H3,(H,21,25). The van der Waals surface area contributed by atoms with E-state index in [0.717, 1.165) is 44.5 Å². The number of nitrogens with one attached hydrogen (secondary N) is 1. The van der Waals surface area contributed by atoms with Crippen LogP contribution in [0.2, 0.25) is 0 Å². The van der Waals surface area contributed by atoms with Gasteiger partial charge < -0.3 is 19.9 Å². The first-order valence-corrected chi connectivity index (χ1v) is 9.51. The number of nitrogens with zero attached hydrogens (tertiary/aromatic N) is 2. The third-order valence-electron chi connectivity index (χ3n) is 5.52. The molecule has 0 aliphatic carbocycles. The third-order valence-corrected chi connectivity index (χ3v) is 5.52. The van der Waals surface area contributed by atoms with E-state index < -0.39 is 0 Å². The number of methoxy groups -OCH3 is 1. The highest BCUT2D eigenvalue weighted by Crippen LogP contribution is 2.24. The molecule has 1 atom stereocenters. The van der Waals surface area contributed by atoms with Crippen molar-refractivity contribution in [1.29, 1.82) is 0 Å². The predicted molar refractivity (Wildman–Crippen MR) is 102 cm³/mol. The fraction of sp³-hybridized carbons (Fsp3) is 0.600. The number of carbonyl (C=O) groups is 2. The van der Waals surface area contributed by atoms with E-state index >= 15 is 0 Å². The first-order valence-electron chi connectivity index (χ1n) is 9.51. The predicted octanol–water partition coefficient (Wildman–Crippen LogP) is 2.50. The van der Waals surface area contributed by atoms with E-state index in [2.05, 4.69) is 22.3 Å². The first-order chi connectivity index (χ1) is 12.6. The zero-order valence-corrected chi connectivity index (χ0v) is 15.7. The molecule has 1 aromatic rings. The van der Waals surface area contributed by atoms with Crippen molar-refractivity contribution < 1.29 is 14.3 Å². The van der Waals surface area contributed by atoms with Crippen molar-refractivity contribution in [3.63, 3.8) is 0 Å². The second kappa shape index (κ2) is 8.54. The van der Waals surface area contributed by atoms with Crippen molar-refractivity contribution in [3.8, 4) is 0 Å². The van der Waals surface area contributed by atoms with E-state index in [4.69, 9.17) is 4.74 Å². The normalized spacial score (nSPS) is 21.5. The summed E-state index contributed by atoms with van der Waals surface area (Å²) in [6, 6.07) is 8.06. The molecular weight excluding hydrogens is 330 g/mol. The van der Waals surface area contributed by atoms with Gasteiger partial charge in [0.2, 0.25) is 11.8 Å². The molecule has 6 heteroatoms. The van der Waals surface area contributed by atoms with Crippen LogP contribution in [-0.4, -0.2) is 56.1 Å². The van der Waals surface area contributed by atoms with Gasteiger partial charge in [-0.15, -0.1) is 0 Å². The van der Waals surface area contributed by atoms with Crippen LogP contribution in [-0.2, 0) is 14.3 Å². The molecule has 2 saturated heterocycles. The van der Waals surface area contributed by atoms with Crippen molar-refractivity contribution >= 4 is 23.2 Å². The summed E-state index contributed by atoms with van der Waals surface area (Å²) in [4.78, 5) is 28.0. The Morgan fingerprint density at radius 2 is 1.77 bits per heavy atom. The highest BCUT2D eigenvalue weighted by molar-refractivity contribution is 5.93. The number of amides is 2. The lowest BCUT2D eigenvalue weighted by atomic mass is 9.96. The quantitative estimate of drug-likeness (QED) is 0.897. The Balaban J connectivity index is 1.53. The van der Waals surface area contributed by atoms with Crippen LogP contribution in [0, 0.1) is 5.92 Å². The van der Waals surface area contributed by atoms with Crippen LogP contribution in [0.3, 0.4) is 0 Å². The molecule has 0 aromatic heterocycles. The largest absolute Gasteiger partial charge is 0.380 e. The molecule has 1 unspecified atom stereocenters. The van der Waals surface area contributed by atoms with Crippen molar-refractivity contribution in [2.45, 2.75) is 38.7 Å². The molecule has 1 aromatic carbocycles. The van der Waals surface area contributed by atoms with Crippen molar-refractivity contribution in [2.24, 2.45) is 5.92 Å². The number of rotatable bonds is 4. The van der Waals surface area contributed by atoms with Gasteiger partial charge in [-0.1, -0.05) is 0 Å². The van der Waals surface area contributed by atoms with Crippen LogP contribution in [0.15, 0.2) is 24.3 Å². The number of ether oxygens (including phenoxy) is 1. The second-order valence-electron chi connectivity index (χ2n) is 7.26. The SMILES string of the molecule is COC1CCCN(c2ccc(NC(=O)C3CCN(C(C)=O)CC3)cc2)C1. The van der Waals surface area contributed by atoms with Gasteiger partial charge >= 0.3 is 0 Å². The highest BCUT2D eigenvalue weighted by atomic mass is 16.5. The van der Waals surface area contributed by atoms with E-state index in [1.165, 1.54) is 5.69 Å². The van der Waals surface area contributed by atoms with Gasteiger partial charge in [-0.05, 0) is 49.9 Å². The smallest absolute Gasteiger partial charge is 0.227 e. The average Bonchev–Trinajstić information content (AvgIpc) is 2.68. The number of likely N-dealkylation sites (tertiary alicyclic amines) is 1. The molecule has 2 aliphatic rings. The monoisotopic (exact) mass is 359 g/mol. The third kappa shape index (κ3) is 4.55. The zero-order valence-electron chi connectivity index (χ0n) is 15.7. The minimum absolute atomic E-state index is 0.0187. The number of hydrogen-bond donors (Lipinski definition) is 1. The summed E-state index contributed by atoms with van der Waals surface area (Å²) in [5.74, 6) is 0.126. The van der Waals surface area contributed by atoms with Gasteiger partial charge in [0.25, 0.3) is 0 Å². The minimum atomic E-state index is -0.0187. The number of anilines is 2. The van der Waals surface area contributed by atoms with Crippen molar-refractivity contribution in [3.05, 3.63) is 24.3 Å². The average molecular weight is 359 g/mol. The van der Waals surface area contributed by atoms with Crippen LogP contribution in [0.4, 0.5) is 11.4 Å². The molecule has 26 heavy (non-hydrogen) atoms. The Hall–Kier alpha value is -2.08. The van der Waals surface area contributed by atoms with Gasteiger partial charge in [-0.3, -0.25) is 9.59 Å². The van der Waals surface area contributed by atoms with Gasteiger partial charge in [0.05, 0.1) is 6.10 Å². The number of benzene rings is 1. The summed E-state index contributed by atoms with van der Waals surface area (Å²) in [5, 5.41) is 3.02. The maximum Gasteiger partial charge on any atom is 0.227 e. The van der Waals surface area contributed by atoms with Crippen molar-refractivity contribution in [2.75, 3.05) is 43.5 Å². The zero-order chi connectivity index (χ0) is 18.5. The molecule has 2 aliphatic heterocycles. The summed E-state index contributed by atoms with van der Waals surface area (Å²) >= 11 is 0. The molecule has 0 spiro atoms. The topological polar surface area (TPSA) is 61.9 Å². The van der Waals surface area contributed by atoms with Crippen LogP contribution in [0.25, 0.3) is 0 Å². The molecular formula is C20H29N3O3. The molecule has 1 N–H and O–H groups in total. The summed E-state index contributed by atoms with van der Waals surface area (Å²) in [7, 11) is 1.77. The van der Waals surface area contributed by atoms with Gasteiger partial charge in [0.15, 0.2) is 0 Å². The maximum atomic E-state index is 12.5. The van der Waals surface area contributed by atoms with Crippen LogP contribution in [0.1, 0.15) is 32.6 Å². The lowest BCUT2D eigenvalue weighted by Gasteiger charge is -2.33. The minimum Gasteiger partial charge on any atom is -0.380 e. The summed E-state index contributed by atoms with van der Waals surface area (Å²) < 4.78 is 5.49. The van der Waals surface area contributed by atoms with Crippen LogP contribution >= 0.6 is 0 Å². The van der Waals surface area contributed by atoms with Gasteiger partial charge in [0, 0.05) is 57.5 Å². The summed E-state index contributed by atoms with van der Waals surface area (Å²) in [6.07, 6.45) is 4.01. The molecule has 0 radical (unpaired) electrons. The number of piperidine rings is 2. The molecule has 2 fully saturated rings. The van der Waals surface area contributed by atoms with E-state index in [1.807, 2.05) is 17.0 Å². The lowest BCUT2D eigenvalue weighted by molar-refractivity contribution is -0.132. The Kier molecular flexibility index (Phi) is 6.14. The second-order valence-corrected chi connectivity index (χ2v) is 7.26. The fourth-order valence-corrected chi connectivity index (χ4v) is 3.82. The first kappa shape index (κ1) is 18.7. The molecule has 2 heterocycles. The molecule has 0 saturated carbocycles. The van der Waals surface area contributed by atoms with E-state index in [-0.39, 0.29) is 17.7 Å². The van der Waals surface area contributed by atoms with E-state index in [1.54, 1.807) is 14.0 Å². The van der Waals surface area contributed by atoms with Gasteiger partial charge in [-0.2, -0.15) is 0 Å². The Morgan fingerprint density at radius 3 is 2.38 bits per heavy atom. The maximum absolute atomic E-state index is 12.5. The highest BCUT2D eigenvalue weighted by Gasteiger charge is 2.26. The fourth-order valence-electron chi connectivity index (χ4n) is 3.82. The van der Waals surface area contributed by atoms with E-state index in [9.17, 15) is 9.59 Å². The number of hydrogen-bond acceptors (Lipinski definition) is 4. The van der Waals surface area contributed by atoms with Gasteiger partial charge in [-0.25, -0.2) is 0 Å².